The first-order chi connectivity index (χ1) is 11.5. The fourth-order valence-electron chi connectivity index (χ4n) is 4.45. The molecule has 0 bridgehead atoms. The summed E-state index contributed by atoms with van der Waals surface area (Å²) in [5, 5.41) is 2.99. The summed E-state index contributed by atoms with van der Waals surface area (Å²) in [7, 11) is 0. The molecule has 0 aromatic heterocycles. The third kappa shape index (κ3) is 2.18. The van der Waals surface area contributed by atoms with Crippen molar-refractivity contribution >= 4 is 17.6 Å². The normalized spacial score (nSPS) is 29.9. The molecule has 2 amide bonds. The quantitative estimate of drug-likeness (QED) is 0.858. The molecule has 0 spiro atoms. The lowest BCUT2D eigenvalue weighted by Crippen LogP contribution is -2.47. The molecule has 1 saturated carbocycles. The topological polar surface area (TPSA) is 66.5 Å². The predicted octanol–water partition coefficient (Wildman–Crippen LogP) is 2.02. The molecular formula is C19H22N2O3. The van der Waals surface area contributed by atoms with Crippen LogP contribution in [0, 0.1) is 11.3 Å². The monoisotopic (exact) mass is 326 g/mol. The summed E-state index contributed by atoms with van der Waals surface area (Å²) in [5.41, 5.74) is 0.151. The molecular weight excluding hydrogens is 304 g/mol. The summed E-state index contributed by atoms with van der Waals surface area (Å²) in [6, 6.07) is 6.63. The first-order valence-electron chi connectivity index (χ1n) is 8.74. The Kier molecular flexibility index (Phi) is 3.48. The van der Waals surface area contributed by atoms with Crippen LogP contribution in [0.3, 0.4) is 0 Å². The van der Waals surface area contributed by atoms with E-state index in [9.17, 15) is 14.4 Å². The van der Waals surface area contributed by atoms with Crippen LogP contribution in [0.4, 0.5) is 0 Å². The highest BCUT2D eigenvalue weighted by molar-refractivity contribution is 6.12. The van der Waals surface area contributed by atoms with Gasteiger partial charge in [-0.2, -0.15) is 0 Å². The van der Waals surface area contributed by atoms with Gasteiger partial charge < -0.3 is 10.2 Å². The van der Waals surface area contributed by atoms with Gasteiger partial charge in [0.05, 0.1) is 17.0 Å². The van der Waals surface area contributed by atoms with Gasteiger partial charge in [0, 0.05) is 24.6 Å². The number of carbonyl (C=O) groups excluding carboxylic acids is 3. The summed E-state index contributed by atoms with van der Waals surface area (Å²) in [6.07, 6.45) is 4.10. The molecule has 2 heterocycles. The maximum absolute atomic E-state index is 13.1. The standard InChI is InChI=1S/C19H22N2O3/c1-19-11-21(18(24)12-6-2-3-7-12)10-15(19)20-17(23)14-9-5-4-8-13(14)16(19)22/h4-5,8-9,12,15H,2-3,6-7,10-11H2,1H3,(H,20,23)/t15-,19+/m1/s1. The molecule has 1 aromatic rings. The SMILES string of the molecule is C[C@]12CN(C(=O)C3CCCC3)C[C@H]1NC(=O)c1ccccc1C2=O. The Labute approximate surface area is 141 Å². The molecule has 2 aliphatic heterocycles. The number of hydrogen-bond acceptors (Lipinski definition) is 3. The van der Waals surface area contributed by atoms with Crippen molar-refractivity contribution in [3.05, 3.63) is 35.4 Å². The average Bonchev–Trinajstić information content (AvgIpc) is 3.21. The molecule has 4 rings (SSSR count). The van der Waals surface area contributed by atoms with Gasteiger partial charge in [0.15, 0.2) is 5.78 Å². The van der Waals surface area contributed by atoms with Gasteiger partial charge in [0.2, 0.25) is 5.91 Å². The number of carbonyl (C=O) groups is 3. The van der Waals surface area contributed by atoms with E-state index in [0.29, 0.717) is 24.2 Å². The van der Waals surface area contributed by atoms with E-state index in [4.69, 9.17) is 0 Å². The van der Waals surface area contributed by atoms with Crippen LogP contribution in [0.5, 0.6) is 0 Å². The summed E-state index contributed by atoms with van der Waals surface area (Å²) < 4.78 is 0. The van der Waals surface area contributed by atoms with Crippen LogP contribution in [0.2, 0.25) is 0 Å². The Hall–Kier alpha value is -2.17. The van der Waals surface area contributed by atoms with E-state index in [1.165, 1.54) is 0 Å². The zero-order valence-electron chi connectivity index (χ0n) is 13.9. The van der Waals surface area contributed by atoms with E-state index in [1.54, 1.807) is 29.2 Å². The molecule has 2 fully saturated rings. The van der Waals surface area contributed by atoms with Crippen LogP contribution in [0.15, 0.2) is 24.3 Å². The number of amides is 2. The molecule has 126 valence electrons. The Morgan fingerprint density at radius 2 is 1.83 bits per heavy atom. The van der Waals surface area contributed by atoms with Crippen molar-refractivity contribution in [2.24, 2.45) is 11.3 Å². The van der Waals surface area contributed by atoms with E-state index >= 15 is 0 Å². The van der Waals surface area contributed by atoms with Gasteiger partial charge in [0.25, 0.3) is 5.91 Å². The number of likely N-dealkylation sites (tertiary alicyclic amines) is 1. The predicted molar refractivity (Wildman–Crippen MR) is 88.7 cm³/mol. The molecule has 1 aromatic carbocycles. The second-order valence-corrected chi connectivity index (χ2v) is 7.52. The molecule has 5 heteroatoms. The van der Waals surface area contributed by atoms with E-state index in [1.807, 2.05) is 6.92 Å². The minimum absolute atomic E-state index is 0.0387. The Morgan fingerprint density at radius 1 is 1.17 bits per heavy atom. The van der Waals surface area contributed by atoms with Gasteiger partial charge in [-0.1, -0.05) is 31.0 Å². The van der Waals surface area contributed by atoms with E-state index < -0.39 is 5.41 Å². The number of fused-ring (bicyclic) bond motifs is 2. The number of Topliss-reactive ketones (excluding diaryl/α,β-unsaturated/α-hetero) is 1. The lowest BCUT2D eigenvalue weighted by Gasteiger charge is -2.27. The van der Waals surface area contributed by atoms with Gasteiger partial charge in [-0.05, 0) is 25.8 Å². The van der Waals surface area contributed by atoms with Crippen LogP contribution < -0.4 is 5.32 Å². The molecule has 2 atom stereocenters. The van der Waals surface area contributed by atoms with Crippen LogP contribution in [-0.4, -0.2) is 41.6 Å². The van der Waals surface area contributed by atoms with Gasteiger partial charge in [-0.25, -0.2) is 0 Å². The van der Waals surface area contributed by atoms with Gasteiger partial charge in [-0.15, -0.1) is 0 Å². The van der Waals surface area contributed by atoms with Gasteiger partial charge >= 0.3 is 0 Å². The second-order valence-electron chi connectivity index (χ2n) is 7.52. The zero-order valence-corrected chi connectivity index (χ0v) is 13.9. The van der Waals surface area contributed by atoms with Crippen molar-refractivity contribution in [3.63, 3.8) is 0 Å². The molecule has 0 radical (unpaired) electrons. The maximum Gasteiger partial charge on any atom is 0.252 e. The number of nitrogens with one attached hydrogen (secondary N) is 1. The molecule has 24 heavy (non-hydrogen) atoms. The summed E-state index contributed by atoms with van der Waals surface area (Å²) in [6.45, 7) is 2.70. The smallest absolute Gasteiger partial charge is 0.252 e. The minimum atomic E-state index is -0.753. The number of nitrogens with zero attached hydrogens (tertiary/aromatic N) is 1. The number of ketones is 1. The Bertz CT molecular complexity index is 723. The lowest BCUT2D eigenvalue weighted by atomic mass is 9.78. The van der Waals surface area contributed by atoms with E-state index in [-0.39, 0.29) is 29.6 Å². The fraction of sp³-hybridized carbons (Fsp3) is 0.526. The molecule has 1 saturated heterocycles. The highest BCUT2D eigenvalue weighted by atomic mass is 16.2. The lowest BCUT2D eigenvalue weighted by molar-refractivity contribution is -0.134. The second kappa shape index (κ2) is 5.43. The van der Waals surface area contributed by atoms with Crippen molar-refractivity contribution in [1.29, 1.82) is 0 Å². The van der Waals surface area contributed by atoms with Gasteiger partial charge in [0.1, 0.15) is 0 Å². The zero-order chi connectivity index (χ0) is 16.9. The van der Waals surface area contributed by atoms with E-state index in [2.05, 4.69) is 5.32 Å². The molecule has 5 nitrogen and oxygen atoms in total. The van der Waals surface area contributed by atoms with Crippen LogP contribution in [0.25, 0.3) is 0 Å². The van der Waals surface area contributed by atoms with Crippen LogP contribution in [-0.2, 0) is 4.79 Å². The molecule has 1 aliphatic carbocycles. The highest BCUT2D eigenvalue weighted by Gasteiger charge is 2.53. The summed E-state index contributed by atoms with van der Waals surface area (Å²) in [5.74, 6) is -0.0165. The number of rotatable bonds is 1. The van der Waals surface area contributed by atoms with Crippen molar-refractivity contribution < 1.29 is 14.4 Å². The summed E-state index contributed by atoms with van der Waals surface area (Å²) >= 11 is 0. The Balaban J connectivity index is 1.66. The molecule has 0 unspecified atom stereocenters. The molecule has 3 aliphatic rings. The van der Waals surface area contributed by atoms with Crippen molar-refractivity contribution in [3.8, 4) is 0 Å². The first kappa shape index (κ1) is 15.4. The summed E-state index contributed by atoms with van der Waals surface area (Å²) in [4.78, 5) is 40.2. The molecule has 1 N–H and O–H groups in total. The third-order valence-electron chi connectivity index (χ3n) is 5.95. The van der Waals surface area contributed by atoms with Crippen molar-refractivity contribution in [1.82, 2.24) is 10.2 Å². The van der Waals surface area contributed by atoms with Gasteiger partial charge in [-0.3, -0.25) is 14.4 Å². The van der Waals surface area contributed by atoms with Crippen molar-refractivity contribution in [2.45, 2.75) is 38.6 Å². The Morgan fingerprint density at radius 3 is 2.54 bits per heavy atom. The van der Waals surface area contributed by atoms with E-state index in [0.717, 1.165) is 25.7 Å². The highest BCUT2D eigenvalue weighted by Crippen LogP contribution is 2.39. The minimum Gasteiger partial charge on any atom is -0.346 e. The van der Waals surface area contributed by atoms with Crippen LogP contribution >= 0.6 is 0 Å². The number of hydrogen-bond donors (Lipinski definition) is 1. The van der Waals surface area contributed by atoms with Crippen LogP contribution in [0.1, 0.15) is 53.3 Å². The maximum atomic E-state index is 13.1. The first-order valence-corrected chi connectivity index (χ1v) is 8.74. The third-order valence-corrected chi connectivity index (χ3v) is 5.95. The fourth-order valence-corrected chi connectivity index (χ4v) is 4.45. The average molecular weight is 326 g/mol. The number of benzene rings is 1. The van der Waals surface area contributed by atoms with Crippen molar-refractivity contribution in [2.75, 3.05) is 13.1 Å². The largest absolute Gasteiger partial charge is 0.346 e.